The second kappa shape index (κ2) is 3.42. The van der Waals surface area contributed by atoms with Gasteiger partial charge in [0, 0.05) is 6.07 Å². The van der Waals surface area contributed by atoms with Crippen molar-refractivity contribution in [1.29, 1.82) is 0 Å². The van der Waals surface area contributed by atoms with E-state index in [2.05, 4.69) is 4.74 Å². The molecule has 1 nitrogen and oxygen atoms in total. The molecule has 65 valence electrons. The van der Waals surface area contributed by atoms with Crippen LogP contribution < -0.4 is 4.74 Å². The SMILES string of the molecule is Fc1cc[c]c(OC(F)F)c1F. The van der Waals surface area contributed by atoms with Gasteiger partial charge in [0.2, 0.25) is 5.82 Å². The Hall–Kier alpha value is -1.26. The minimum atomic E-state index is -3.18. The molecule has 0 fully saturated rings. The van der Waals surface area contributed by atoms with Crippen molar-refractivity contribution >= 4 is 0 Å². The summed E-state index contributed by atoms with van der Waals surface area (Å²) in [6, 6.07) is 3.70. The van der Waals surface area contributed by atoms with Gasteiger partial charge in [-0.2, -0.15) is 13.2 Å². The predicted octanol–water partition coefficient (Wildman–Crippen LogP) is 2.37. The number of halogens is 4. The second-order valence-electron chi connectivity index (χ2n) is 1.85. The first kappa shape index (κ1) is 8.83. The minimum Gasteiger partial charge on any atom is -0.431 e. The average Bonchev–Trinajstić information content (AvgIpc) is 1.98. The van der Waals surface area contributed by atoms with Crippen molar-refractivity contribution in [3.63, 3.8) is 0 Å². The molecule has 0 spiro atoms. The van der Waals surface area contributed by atoms with Crippen LogP contribution in [0.25, 0.3) is 0 Å². The molecule has 1 aromatic rings. The maximum atomic E-state index is 12.5. The molecule has 1 rings (SSSR count). The lowest BCUT2D eigenvalue weighted by molar-refractivity contribution is -0.0527. The van der Waals surface area contributed by atoms with Crippen molar-refractivity contribution < 1.29 is 22.3 Å². The van der Waals surface area contributed by atoms with Gasteiger partial charge in [-0.15, -0.1) is 0 Å². The van der Waals surface area contributed by atoms with Gasteiger partial charge in [-0.05, 0) is 12.1 Å². The monoisotopic (exact) mass is 179 g/mol. The van der Waals surface area contributed by atoms with E-state index in [9.17, 15) is 17.6 Å². The van der Waals surface area contributed by atoms with Crippen LogP contribution in [-0.4, -0.2) is 6.61 Å². The van der Waals surface area contributed by atoms with Gasteiger partial charge in [0.1, 0.15) is 0 Å². The highest BCUT2D eigenvalue weighted by Crippen LogP contribution is 2.19. The number of rotatable bonds is 2. The first-order chi connectivity index (χ1) is 5.61. The fourth-order valence-electron chi connectivity index (χ4n) is 0.610. The number of ether oxygens (including phenoxy) is 1. The Labute approximate surface area is 65.6 Å². The number of benzene rings is 1. The quantitative estimate of drug-likeness (QED) is 0.633. The molecule has 0 aliphatic carbocycles. The molecule has 0 unspecified atom stereocenters. The molecule has 0 N–H and O–H groups in total. The van der Waals surface area contributed by atoms with E-state index in [1.807, 2.05) is 6.07 Å². The van der Waals surface area contributed by atoms with E-state index in [0.717, 1.165) is 12.1 Å². The lowest BCUT2D eigenvalue weighted by atomic mass is 10.3. The van der Waals surface area contributed by atoms with Crippen LogP contribution in [0.5, 0.6) is 5.75 Å². The summed E-state index contributed by atoms with van der Waals surface area (Å²) in [5.74, 6) is -3.62. The summed E-state index contributed by atoms with van der Waals surface area (Å²) >= 11 is 0. The molecule has 1 aromatic carbocycles. The zero-order valence-electron chi connectivity index (χ0n) is 5.65. The van der Waals surface area contributed by atoms with Crippen LogP contribution in [0.3, 0.4) is 0 Å². The van der Waals surface area contributed by atoms with Gasteiger partial charge >= 0.3 is 6.61 Å². The average molecular weight is 179 g/mol. The molecular weight excluding hydrogens is 176 g/mol. The standard InChI is InChI=1S/C7H3F4O/c8-4-2-1-3-5(6(4)9)12-7(10)11/h1-2,7H. The van der Waals surface area contributed by atoms with Gasteiger partial charge in [0.05, 0.1) is 0 Å². The summed E-state index contributed by atoms with van der Waals surface area (Å²) in [5, 5.41) is 0. The summed E-state index contributed by atoms with van der Waals surface area (Å²) < 4.78 is 51.4. The van der Waals surface area contributed by atoms with E-state index < -0.39 is 24.0 Å². The fraction of sp³-hybridized carbons (Fsp3) is 0.143. The Morgan fingerprint density at radius 1 is 1.33 bits per heavy atom. The van der Waals surface area contributed by atoms with Crippen LogP contribution in [0.15, 0.2) is 12.1 Å². The summed E-state index contributed by atoms with van der Waals surface area (Å²) in [5.41, 5.74) is 0. The maximum absolute atomic E-state index is 12.5. The molecule has 0 heterocycles. The lowest BCUT2D eigenvalue weighted by Gasteiger charge is -2.04. The third kappa shape index (κ3) is 1.87. The highest BCUT2D eigenvalue weighted by Gasteiger charge is 2.12. The van der Waals surface area contributed by atoms with Gasteiger partial charge < -0.3 is 4.74 Å². The van der Waals surface area contributed by atoms with Crippen LogP contribution in [0.1, 0.15) is 0 Å². The van der Waals surface area contributed by atoms with Crippen LogP contribution in [0.4, 0.5) is 17.6 Å². The summed E-state index contributed by atoms with van der Waals surface area (Å²) in [7, 11) is 0. The third-order valence-corrected chi connectivity index (χ3v) is 1.06. The van der Waals surface area contributed by atoms with Gasteiger partial charge in [0.15, 0.2) is 11.6 Å². The van der Waals surface area contributed by atoms with Crippen LogP contribution in [-0.2, 0) is 0 Å². The molecule has 0 aliphatic heterocycles. The van der Waals surface area contributed by atoms with Crippen LogP contribution in [0.2, 0.25) is 0 Å². The summed E-state index contributed by atoms with van der Waals surface area (Å²) in [4.78, 5) is 0. The minimum absolute atomic E-state index is 0.758. The van der Waals surface area contributed by atoms with Crippen LogP contribution >= 0.6 is 0 Å². The molecule has 0 aromatic heterocycles. The van der Waals surface area contributed by atoms with Crippen molar-refractivity contribution in [2.45, 2.75) is 6.61 Å². The Morgan fingerprint density at radius 3 is 2.58 bits per heavy atom. The van der Waals surface area contributed by atoms with Crippen molar-refractivity contribution in [3.05, 3.63) is 29.8 Å². The van der Waals surface area contributed by atoms with Crippen molar-refractivity contribution in [1.82, 2.24) is 0 Å². The van der Waals surface area contributed by atoms with E-state index in [1.165, 1.54) is 0 Å². The van der Waals surface area contributed by atoms with Crippen molar-refractivity contribution in [2.75, 3.05) is 0 Å². The van der Waals surface area contributed by atoms with Crippen molar-refractivity contribution in [3.8, 4) is 5.75 Å². The zero-order valence-corrected chi connectivity index (χ0v) is 5.65. The number of hydrogen-bond acceptors (Lipinski definition) is 1. The Morgan fingerprint density at radius 2 is 2.00 bits per heavy atom. The molecule has 1 radical (unpaired) electrons. The molecular formula is C7H3F4O. The normalized spacial score (nSPS) is 10.4. The fourth-order valence-corrected chi connectivity index (χ4v) is 0.610. The Balaban J connectivity index is 2.92. The smallest absolute Gasteiger partial charge is 0.387 e. The largest absolute Gasteiger partial charge is 0.431 e. The first-order valence-corrected chi connectivity index (χ1v) is 2.91. The number of alkyl halides is 2. The molecule has 12 heavy (non-hydrogen) atoms. The molecule has 0 saturated carbocycles. The van der Waals surface area contributed by atoms with E-state index in [4.69, 9.17) is 0 Å². The molecule has 0 saturated heterocycles. The van der Waals surface area contributed by atoms with Crippen molar-refractivity contribution in [2.24, 2.45) is 0 Å². The first-order valence-electron chi connectivity index (χ1n) is 2.91. The highest BCUT2D eigenvalue weighted by molar-refractivity contribution is 5.23. The topological polar surface area (TPSA) is 9.23 Å². The Kier molecular flexibility index (Phi) is 2.52. The lowest BCUT2D eigenvalue weighted by Crippen LogP contribution is -2.04. The zero-order chi connectivity index (χ0) is 9.14. The third-order valence-electron chi connectivity index (χ3n) is 1.06. The van der Waals surface area contributed by atoms with E-state index in [-0.39, 0.29) is 0 Å². The molecule has 0 atom stereocenters. The van der Waals surface area contributed by atoms with Gasteiger partial charge in [-0.3, -0.25) is 0 Å². The molecule has 0 aliphatic rings. The second-order valence-corrected chi connectivity index (χ2v) is 1.85. The predicted molar refractivity (Wildman–Crippen MR) is 31.8 cm³/mol. The van der Waals surface area contributed by atoms with E-state index in [0.29, 0.717) is 0 Å². The summed E-state index contributed by atoms with van der Waals surface area (Å²) in [6.45, 7) is -3.18. The molecule has 0 bridgehead atoms. The van der Waals surface area contributed by atoms with Gasteiger partial charge in [0.25, 0.3) is 0 Å². The highest BCUT2D eigenvalue weighted by atomic mass is 19.3. The van der Waals surface area contributed by atoms with E-state index >= 15 is 0 Å². The Bertz CT molecular complexity index is 274. The maximum Gasteiger partial charge on any atom is 0.387 e. The van der Waals surface area contributed by atoms with Crippen LogP contribution in [0, 0.1) is 17.7 Å². The number of hydrogen-bond donors (Lipinski definition) is 0. The van der Waals surface area contributed by atoms with Gasteiger partial charge in [-0.1, -0.05) is 0 Å². The van der Waals surface area contributed by atoms with E-state index in [1.54, 1.807) is 0 Å². The molecule has 5 heteroatoms. The molecule has 0 amide bonds. The van der Waals surface area contributed by atoms with Gasteiger partial charge in [-0.25, -0.2) is 4.39 Å². The summed E-state index contributed by atoms with van der Waals surface area (Å²) in [6.07, 6.45) is 0.